The lowest BCUT2D eigenvalue weighted by molar-refractivity contribution is -0.121. The second kappa shape index (κ2) is 9.69. The third-order valence-electron chi connectivity index (χ3n) is 6.89. The number of hydrogen-bond donors (Lipinski definition) is 1. The molecule has 4 heterocycles. The van der Waals surface area contributed by atoms with Crippen molar-refractivity contribution in [2.24, 2.45) is 0 Å². The number of carbonyl (C=O) groups is 2. The minimum atomic E-state index is -0.0362. The van der Waals surface area contributed by atoms with Gasteiger partial charge in [0.15, 0.2) is 5.76 Å². The highest BCUT2D eigenvalue weighted by Crippen LogP contribution is 2.38. The third kappa shape index (κ3) is 4.70. The number of rotatable bonds is 7. The van der Waals surface area contributed by atoms with Crippen molar-refractivity contribution >= 4 is 11.8 Å². The third-order valence-corrected chi connectivity index (χ3v) is 6.89. The number of nitrogens with zero attached hydrogens (tertiary/aromatic N) is 4. The van der Waals surface area contributed by atoms with Gasteiger partial charge in [-0.25, -0.2) is 0 Å². The summed E-state index contributed by atoms with van der Waals surface area (Å²) in [6, 6.07) is 0. The van der Waals surface area contributed by atoms with Gasteiger partial charge in [-0.1, -0.05) is 0 Å². The van der Waals surface area contributed by atoms with Crippen molar-refractivity contribution in [2.45, 2.75) is 45.6 Å². The number of hydrogen-bond acceptors (Lipinski definition) is 6. The summed E-state index contributed by atoms with van der Waals surface area (Å²) < 4.78 is 13.1. The Kier molecular flexibility index (Phi) is 6.50. The van der Waals surface area contributed by atoms with E-state index in [0.717, 1.165) is 106 Å². The molecule has 1 aliphatic carbocycles. The molecule has 0 radical (unpaired) electrons. The summed E-state index contributed by atoms with van der Waals surface area (Å²) in [5.74, 6) is 1.23. The lowest BCUT2D eigenvalue weighted by atomic mass is 9.93. The fraction of sp³-hybridized carbons (Fsp3) is 0.625. The van der Waals surface area contributed by atoms with E-state index in [1.807, 2.05) is 18.0 Å². The molecular formula is C24H33N5O4. The van der Waals surface area contributed by atoms with E-state index in [-0.39, 0.29) is 18.4 Å². The van der Waals surface area contributed by atoms with Gasteiger partial charge in [-0.05, 0) is 44.7 Å². The van der Waals surface area contributed by atoms with Gasteiger partial charge in [0.05, 0.1) is 18.9 Å². The maximum Gasteiger partial charge on any atom is 0.289 e. The highest BCUT2D eigenvalue weighted by Gasteiger charge is 2.32. The van der Waals surface area contributed by atoms with Crippen molar-refractivity contribution in [3.05, 3.63) is 28.8 Å². The number of carbonyl (C=O) groups excluding carboxylic acids is 2. The zero-order valence-electron chi connectivity index (χ0n) is 19.4. The summed E-state index contributed by atoms with van der Waals surface area (Å²) in [6.07, 6.45) is 6.53. The molecular weight excluding hydrogens is 422 g/mol. The molecule has 0 aromatic carbocycles. The molecule has 0 unspecified atom stereocenters. The zero-order chi connectivity index (χ0) is 22.8. The second-order valence-electron chi connectivity index (χ2n) is 9.21. The van der Waals surface area contributed by atoms with E-state index in [2.05, 4.69) is 10.2 Å². The van der Waals surface area contributed by atoms with Crippen LogP contribution in [-0.2, 0) is 28.9 Å². The van der Waals surface area contributed by atoms with Crippen molar-refractivity contribution in [3.63, 3.8) is 0 Å². The predicted molar refractivity (Wildman–Crippen MR) is 122 cm³/mol. The van der Waals surface area contributed by atoms with Crippen LogP contribution in [0.4, 0.5) is 0 Å². The van der Waals surface area contributed by atoms with E-state index < -0.39 is 0 Å². The Morgan fingerprint density at radius 2 is 1.91 bits per heavy atom. The molecule has 0 spiro atoms. The van der Waals surface area contributed by atoms with Gasteiger partial charge in [0.2, 0.25) is 5.91 Å². The van der Waals surface area contributed by atoms with Gasteiger partial charge in [0.25, 0.3) is 5.91 Å². The standard InChI is InChI=1S/C24H33N5O4/c1-17-21-19(33-23(17)24(31)28-9-2-3-10-28)6-5-18-15-29(26-22(18)21)16-20(30)25-7-4-8-27-11-13-32-14-12-27/h15H,2-14,16H2,1H3,(H,25,30). The molecule has 2 aliphatic heterocycles. The van der Waals surface area contributed by atoms with E-state index in [1.54, 1.807) is 4.68 Å². The molecule has 33 heavy (non-hydrogen) atoms. The quantitative estimate of drug-likeness (QED) is 0.638. The van der Waals surface area contributed by atoms with Gasteiger partial charge in [-0.3, -0.25) is 19.2 Å². The SMILES string of the molecule is Cc1c(C(=O)N2CCCC2)oc2c1-c1nn(CC(=O)NCCCN3CCOCC3)cc1CC2. The van der Waals surface area contributed by atoms with Gasteiger partial charge < -0.3 is 19.4 Å². The van der Waals surface area contributed by atoms with Gasteiger partial charge in [0.1, 0.15) is 12.3 Å². The van der Waals surface area contributed by atoms with Crippen molar-refractivity contribution in [2.75, 3.05) is 52.5 Å². The highest BCUT2D eigenvalue weighted by molar-refractivity contribution is 5.95. The van der Waals surface area contributed by atoms with Crippen LogP contribution in [0.1, 0.15) is 46.7 Å². The number of fused-ring (bicyclic) bond motifs is 3. The van der Waals surface area contributed by atoms with Crippen LogP contribution < -0.4 is 5.32 Å². The first kappa shape index (κ1) is 22.2. The fourth-order valence-corrected chi connectivity index (χ4v) is 5.07. The van der Waals surface area contributed by atoms with Crippen LogP contribution in [0.5, 0.6) is 0 Å². The number of nitrogens with one attached hydrogen (secondary N) is 1. The number of furan rings is 1. The first-order valence-corrected chi connectivity index (χ1v) is 12.1. The van der Waals surface area contributed by atoms with E-state index in [0.29, 0.717) is 12.3 Å². The van der Waals surface area contributed by atoms with Crippen LogP contribution in [0.15, 0.2) is 10.6 Å². The monoisotopic (exact) mass is 455 g/mol. The molecule has 178 valence electrons. The number of aryl methyl sites for hydroxylation is 2. The summed E-state index contributed by atoms with van der Waals surface area (Å²) in [4.78, 5) is 29.6. The van der Waals surface area contributed by atoms with Gasteiger partial charge in [-0.15, -0.1) is 0 Å². The van der Waals surface area contributed by atoms with Gasteiger partial charge >= 0.3 is 0 Å². The van der Waals surface area contributed by atoms with Crippen LogP contribution in [0, 0.1) is 6.92 Å². The molecule has 2 fully saturated rings. The fourth-order valence-electron chi connectivity index (χ4n) is 5.07. The summed E-state index contributed by atoms with van der Waals surface area (Å²) in [7, 11) is 0. The Balaban J connectivity index is 1.20. The minimum absolute atomic E-state index is 0.0168. The molecule has 9 nitrogen and oxygen atoms in total. The summed E-state index contributed by atoms with van der Waals surface area (Å²) in [6.45, 7) is 8.88. The molecule has 1 N–H and O–H groups in total. The Hall–Kier alpha value is -2.65. The summed E-state index contributed by atoms with van der Waals surface area (Å²) in [5, 5.41) is 7.72. The molecule has 0 saturated carbocycles. The summed E-state index contributed by atoms with van der Waals surface area (Å²) in [5.41, 5.74) is 3.74. The smallest absolute Gasteiger partial charge is 0.289 e. The Morgan fingerprint density at radius 1 is 1.12 bits per heavy atom. The van der Waals surface area contributed by atoms with Crippen LogP contribution in [0.3, 0.4) is 0 Å². The maximum absolute atomic E-state index is 12.9. The molecule has 2 saturated heterocycles. The summed E-state index contributed by atoms with van der Waals surface area (Å²) >= 11 is 0. The average Bonchev–Trinajstić information content (AvgIpc) is 3.56. The van der Waals surface area contributed by atoms with Gasteiger partial charge in [-0.2, -0.15) is 5.10 Å². The number of ether oxygens (including phenoxy) is 1. The first-order chi connectivity index (χ1) is 16.1. The molecule has 9 heteroatoms. The van der Waals surface area contributed by atoms with E-state index >= 15 is 0 Å². The maximum atomic E-state index is 12.9. The largest absolute Gasteiger partial charge is 0.455 e. The molecule has 2 amide bonds. The molecule has 0 bridgehead atoms. The lowest BCUT2D eigenvalue weighted by Gasteiger charge is -2.26. The Labute approximate surface area is 194 Å². The van der Waals surface area contributed by atoms with Crippen LogP contribution in [0.2, 0.25) is 0 Å². The average molecular weight is 456 g/mol. The van der Waals surface area contributed by atoms with Gasteiger partial charge in [0, 0.05) is 56.5 Å². The first-order valence-electron chi connectivity index (χ1n) is 12.1. The normalized spacial score (nSPS) is 18.3. The van der Waals surface area contributed by atoms with Crippen molar-refractivity contribution in [1.29, 1.82) is 0 Å². The van der Waals surface area contributed by atoms with Crippen molar-refractivity contribution in [1.82, 2.24) is 24.9 Å². The van der Waals surface area contributed by atoms with Crippen LogP contribution >= 0.6 is 0 Å². The molecule has 2 aromatic heterocycles. The lowest BCUT2D eigenvalue weighted by Crippen LogP contribution is -2.38. The number of morpholine rings is 1. The van der Waals surface area contributed by atoms with Crippen molar-refractivity contribution in [3.8, 4) is 11.3 Å². The molecule has 3 aliphatic rings. The number of aromatic nitrogens is 2. The number of amides is 2. The van der Waals surface area contributed by atoms with Crippen LogP contribution in [0.25, 0.3) is 11.3 Å². The molecule has 0 atom stereocenters. The van der Waals surface area contributed by atoms with E-state index in [1.165, 1.54) is 0 Å². The molecule has 2 aromatic rings. The molecule has 5 rings (SSSR count). The highest BCUT2D eigenvalue weighted by atomic mass is 16.5. The predicted octanol–water partition coefficient (Wildman–Crippen LogP) is 1.62. The Morgan fingerprint density at radius 3 is 2.70 bits per heavy atom. The second-order valence-corrected chi connectivity index (χ2v) is 9.21. The number of likely N-dealkylation sites (tertiary alicyclic amines) is 1. The van der Waals surface area contributed by atoms with E-state index in [4.69, 9.17) is 14.3 Å². The van der Waals surface area contributed by atoms with Crippen LogP contribution in [-0.4, -0.2) is 83.9 Å². The minimum Gasteiger partial charge on any atom is -0.455 e. The zero-order valence-corrected chi connectivity index (χ0v) is 19.4. The van der Waals surface area contributed by atoms with Crippen molar-refractivity contribution < 1.29 is 18.7 Å². The Bertz CT molecular complexity index is 1010. The topological polar surface area (TPSA) is 92.8 Å². The van der Waals surface area contributed by atoms with E-state index in [9.17, 15) is 9.59 Å².